The molecule has 2 N–H and O–H groups in total. The van der Waals surface area contributed by atoms with E-state index in [1.807, 2.05) is 6.07 Å². The number of pyridine rings is 1. The maximum absolute atomic E-state index is 12.1. The zero-order valence-electron chi connectivity index (χ0n) is 12.3. The number of imidazole rings is 1. The van der Waals surface area contributed by atoms with Crippen LogP contribution in [0.1, 0.15) is 29.9 Å². The van der Waals surface area contributed by atoms with E-state index in [-0.39, 0.29) is 12.5 Å². The van der Waals surface area contributed by atoms with Gasteiger partial charge in [-0.3, -0.25) is 9.78 Å². The minimum absolute atomic E-state index is 0.171. The molecule has 0 aliphatic heterocycles. The van der Waals surface area contributed by atoms with Crippen molar-refractivity contribution in [2.24, 2.45) is 5.92 Å². The molecule has 0 spiro atoms. The lowest BCUT2D eigenvalue weighted by Crippen LogP contribution is -2.24. The molecule has 2 aromatic rings. The molecule has 0 radical (unpaired) electrons. The van der Waals surface area contributed by atoms with Crippen molar-refractivity contribution in [3.05, 3.63) is 41.6 Å². The van der Waals surface area contributed by atoms with E-state index in [1.165, 1.54) is 0 Å². The van der Waals surface area contributed by atoms with Crippen molar-refractivity contribution in [2.45, 2.75) is 19.8 Å². The number of H-pyrrole nitrogens is 1. The highest BCUT2D eigenvalue weighted by Gasteiger charge is 2.35. The van der Waals surface area contributed by atoms with Crippen molar-refractivity contribution < 1.29 is 14.6 Å². The van der Waals surface area contributed by atoms with Gasteiger partial charge in [-0.1, -0.05) is 6.07 Å². The summed E-state index contributed by atoms with van der Waals surface area (Å²) in [5.41, 5.74) is 0.908. The number of ether oxygens (including phenoxy) is 1. The summed E-state index contributed by atoms with van der Waals surface area (Å²) in [5, 5.41) is 19.4. The van der Waals surface area contributed by atoms with E-state index in [2.05, 4.69) is 15.0 Å². The van der Waals surface area contributed by atoms with Crippen LogP contribution < -0.4 is 0 Å². The molecule has 2 aromatic heterocycles. The smallest absolute Gasteiger partial charge is 0.324 e. The summed E-state index contributed by atoms with van der Waals surface area (Å²) >= 11 is 0. The highest BCUT2D eigenvalue weighted by Crippen LogP contribution is 2.35. The molecule has 2 unspecified atom stereocenters. The molecule has 0 saturated carbocycles. The topological polar surface area (TPSA) is 112 Å². The fourth-order valence-electron chi connectivity index (χ4n) is 2.30. The third-order valence-corrected chi connectivity index (χ3v) is 3.20. The number of carbonyl (C=O) groups excluding carboxylic acids is 1. The third kappa shape index (κ3) is 3.06. The fraction of sp³-hybridized carbons (Fsp3) is 0.333. The summed E-state index contributed by atoms with van der Waals surface area (Å²) in [4.78, 5) is 22.9. The van der Waals surface area contributed by atoms with Crippen LogP contribution in [0.5, 0.6) is 5.88 Å². The first-order chi connectivity index (χ1) is 10.6. The van der Waals surface area contributed by atoms with Crippen molar-refractivity contribution in [3.8, 4) is 11.9 Å². The predicted molar refractivity (Wildman–Crippen MR) is 76.8 cm³/mol. The molecule has 0 fully saturated rings. The molecule has 2 heterocycles. The van der Waals surface area contributed by atoms with E-state index in [9.17, 15) is 15.2 Å². The van der Waals surface area contributed by atoms with Crippen molar-refractivity contribution in [1.82, 2.24) is 15.0 Å². The second-order valence-electron chi connectivity index (χ2n) is 4.68. The lowest BCUT2D eigenvalue weighted by Gasteiger charge is -2.19. The summed E-state index contributed by atoms with van der Waals surface area (Å²) in [6.45, 7) is 3.52. The first-order valence-electron chi connectivity index (χ1n) is 6.80. The Bertz CT molecular complexity index is 691. The number of nitrogens with zero attached hydrogens (tertiary/aromatic N) is 3. The lowest BCUT2D eigenvalue weighted by atomic mass is 9.85. The van der Waals surface area contributed by atoms with Crippen molar-refractivity contribution in [1.29, 1.82) is 5.26 Å². The van der Waals surface area contributed by atoms with Crippen molar-refractivity contribution in [2.75, 3.05) is 6.61 Å². The van der Waals surface area contributed by atoms with Crippen LogP contribution in [0, 0.1) is 24.2 Å². The van der Waals surface area contributed by atoms with E-state index in [4.69, 9.17) is 4.74 Å². The van der Waals surface area contributed by atoms with Crippen LogP contribution in [0.15, 0.2) is 24.5 Å². The van der Waals surface area contributed by atoms with Gasteiger partial charge in [-0.25, -0.2) is 0 Å². The summed E-state index contributed by atoms with van der Waals surface area (Å²) in [7, 11) is 0. The number of aromatic hydroxyl groups is 1. The maximum Gasteiger partial charge on any atom is 0.324 e. The SMILES string of the molecule is CCOC(=O)C(C#N)C(c1cccnc1)c1[nH]c(C)nc1O. The molecule has 0 aliphatic rings. The van der Waals surface area contributed by atoms with Gasteiger partial charge < -0.3 is 14.8 Å². The van der Waals surface area contributed by atoms with Gasteiger partial charge in [-0.15, -0.1) is 0 Å². The van der Waals surface area contributed by atoms with Crippen molar-refractivity contribution in [3.63, 3.8) is 0 Å². The molecule has 114 valence electrons. The number of aromatic amines is 1. The number of esters is 1. The number of carbonyl (C=O) groups is 1. The van der Waals surface area contributed by atoms with E-state index in [0.29, 0.717) is 17.1 Å². The fourth-order valence-corrected chi connectivity index (χ4v) is 2.30. The molecule has 7 heteroatoms. The summed E-state index contributed by atoms with van der Waals surface area (Å²) < 4.78 is 4.97. The van der Waals surface area contributed by atoms with Crippen LogP contribution in [-0.2, 0) is 9.53 Å². The van der Waals surface area contributed by atoms with Crippen LogP contribution in [0.2, 0.25) is 0 Å². The van der Waals surface area contributed by atoms with Crippen LogP contribution in [0.4, 0.5) is 0 Å². The summed E-state index contributed by atoms with van der Waals surface area (Å²) in [6.07, 6.45) is 3.13. The minimum Gasteiger partial charge on any atom is -0.492 e. The van der Waals surface area contributed by atoms with E-state index >= 15 is 0 Å². The van der Waals surface area contributed by atoms with Crippen LogP contribution >= 0.6 is 0 Å². The van der Waals surface area contributed by atoms with E-state index < -0.39 is 17.8 Å². The number of hydrogen-bond donors (Lipinski definition) is 2. The average molecular weight is 300 g/mol. The van der Waals surface area contributed by atoms with Crippen LogP contribution in [0.3, 0.4) is 0 Å². The predicted octanol–water partition coefficient (Wildman–Crippen LogP) is 1.65. The Labute approximate surface area is 127 Å². The van der Waals surface area contributed by atoms with Gasteiger partial charge >= 0.3 is 5.97 Å². The number of rotatable bonds is 5. The Morgan fingerprint density at radius 1 is 1.59 bits per heavy atom. The first-order valence-corrected chi connectivity index (χ1v) is 6.80. The van der Waals surface area contributed by atoms with Gasteiger partial charge in [0.25, 0.3) is 0 Å². The van der Waals surface area contributed by atoms with E-state index in [1.54, 1.807) is 38.4 Å². The number of hydrogen-bond acceptors (Lipinski definition) is 6. The largest absolute Gasteiger partial charge is 0.492 e. The highest BCUT2D eigenvalue weighted by molar-refractivity contribution is 5.77. The second-order valence-corrected chi connectivity index (χ2v) is 4.68. The molecule has 2 atom stereocenters. The normalized spacial score (nSPS) is 13.1. The zero-order chi connectivity index (χ0) is 16.1. The quantitative estimate of drug-likeness (QED) is 0.812. The summed E-state index contributed by atoms with van der Waals surface area (Å²) in [5.74, 6) is -2.25. The Morgan fingerprint density at radius 2 is 2.36 bits per heavy atom. The average Bonchev–Trinajstić information content (AvgIpc) is 2.84. The lowest BCUT2D eigenvalue weighted by molar-refractivity contribution is -0.146. The molecule has 0 aliphatic carbocycles. The molecule has 22 heavy (non-hydrogen) atoms. The van der Waals surface area contributed by atoms with Crippen molar-refractivity contribution >= 4 is 5.97 Å². The molecule has 0 saturated heterocycles. The number of aryl methyl sites for hydroxylation is 1. The molecule has 7 nitrogen and oxygen atoms in total. The first kappa shape index (κ1) is 15.5. The minimum atomic E-state index is -1.12. The molecular formula is C15H16N4O3. The molecule has 0 bridgehead atoms. The van der Waals surface area contributed by atoms with E-state index in [0.717, 1.165) is 0 Å². The standard InChI is InChI=1S/C15H16N4O3/c1-3-22-15(21)11(7-16)12(10-5-4-6-17-8-10)13-14(20)19-9(2)18-13/h4-6,8,11-12,20H,3H2,1-2H3,(H,18,19). The monoisotopic (exact) mass is 300 g/mol. The Morgan fingerprint density at radius 3 is 2.86 bits per heavy atom. The van der Waals surface area contributed by atoms with Gasteiger partial charge in [-0.05, 0) is 25.5 Å². The molecular weight excluding hydrogens is 284 g/mol. The maximum atomic E-state index is 12.1. The molecule has 2 rings (SSSR count). The van der Waals surface area contributed by atoms with Gasteiger partial charge in [0.05, 0.1) is 24.3 Å². The molecule has 0 aromatic carbocycles. The Balaban J connectivity index is 2.53. The van der Waals surface area contributed by atoms with Gasteiger partial charge in [-0.2, -0.15) is 10.2 Å². The van der Waals surface area contributed by atoms with Crippen LogP contribution in [-0.4, -0.2) is 32.6 Å². The number of nitriles is 1. The summed E-state index contributed by atoms with van der Waals surface area (Å²) in [6, 6.07) is 5.39. The number of aromatic nitrogens is 3. The van der Waals surface area contributed by atoms with Gasteiger partial charge in [0.15, 0.2) is 5.92 Å². The Hall–Kier alpha value is -2.88. The van der Waals surface area contributed by atoms with Gasteiger partial charge in [0.1, 0.15) is 5.82 Å². The molecule has 0 amide bonds. The second kappa shape index (κ2) is 6.72. The van der Waals surface area contributed by atoms with Crippen LogP contribution in [0.25, 0.3) is 0 Å². The Kier molecular flexibility index (Phi) is 4.73. The van der Waals surface area contributed by atoms with Gasteiger partial charge in [0.2, 0.25) is 5.88 Å². The third-order valence-electron chi connectivity index (χ3n) is 3.20. The zero-order valence-corrected chi connectivity index (χ0v) is 12.3. The van der Waals surface area contributed by atoms with Gasteiger partial charge in [0, 0.05) is 12.4 Å². The highest BCUT2D eigenvalue weighted by atomic mass is 16.5. The number of nitrogens with one attached hydrogen (secondary N) is 1.